The number of hydrogen-bond acceptors (Lipinski definition) is 3. The number of aromatic hydroxyl groups is 1. The van der Waals surface area contributed by atoms with Gasteiger partial charge in [0.25, 0.3) is 0 Å². The van der Waals surface area contributed by atoms with Crippen molar-refractivity contribution in [1.82, 2.24) is 4.90 Å². The molecule has 6 nitrogen and oxygen atoms in total. The van der Waals surface area contributed by atoms with Crippen LogP contribution in [0.5, 0.6) is 5.75 Å². The summed E-state index contributed by atoms with van der Waals surface area (Å²) < 4.78 is 0. The number of hydrogen-bond donors (Lipinski definition) is 3. The summed E-state index contributed by atoms with van der Waals surface area (Å²) in [5.41, 5.74) is 0.712. The molecule has 0 saturated carbocycles. The molecule has 9 heteroatoms. The van der Waals surface area contributed by atoms with E-state index in [1.807, 2.05) is 0 Å². The number of carbonyl (C=O) groups excluding carboxylic acids is 2. The normalized spacial score (nSPS) is 14.6. The molecule has 1 saturated heterocycles. The van der Waals surface area contributed by atoms with Crippen molar-refractivity contribution in [3.8, 4) is 5.75 Å². The number of carbonyl (C=O) groups is 2. The third-order valence-electron chi connectivity index (χ3n) is 4.54. The molecule has 0 spiro atoms. The van der Waals surface area contributed by atoms with Gasteiger partial charge in [-0.3, -0.25) is 4.79 Å². The summed E-state index contributed by atoms with van der Waals surface area (Å²) >= 11 is 17.9. The minimum absolute atomic E-state index is 0.0482. The largest absolute Gasteiger partial charge is 0.506 e. The number of urea groups is 1. The summed E-state index contributed by atoms with van der Waals surface area (Å²) in [4.78, 5) is 26.5. The third kappa shape index (κ3) is 5.01. The maximum absolute atomic E-state index is 12.5. The van der Waals surface area contributed by atoms with Crippen molar-refractivity contribution >= 4 is 58.1 Å². The molecule has 2 aromatic carbocycles. The van der Waals surface area contributed by atoms with Crippen LogP contribution in [0.1, 0.15) is 12.8 Å². The highest BCUT2D eigenvalue weighted by atomic mass is 35.5. The first-order chi connectivity index (χ1) is 13.3. The molecule has 1 fully saturated rings. The van der Waals surface area contributed by atoms with Gasteiger partial charge in [0.05, 0.1) is 16.4 Å². The lowest BCUT2D eigenvalue weighted by Crippen LogP contribution is -2.43. The number of amides is 3. The number of halogens is 3. The summed E-state index contributed by atoms with van der Waals surface area (Å²) in [6.45, 7) is 0.841. The van der Waals surface area contributed by atoms with Crippen molar-refractivity contribution < 1.29 is 14.7 Å². The average molecular weight is 443 g/mol. The van der Waals surface area contributed by atoms with Crippen LogP contribution < -0.4 is 10.6 Å². The van der Waals surface area contributed by atoms with E-state index in [4.69, 9.17) is 34.8 Å². The monoisotopic (exact) mass is 441 g/mol. The number of likely N-dealkylation sites (tertiary alicyclic amines) is 1. The van der Waals surface area contributed by atoms with Gasteiger partial charge in [0, 0.05) is 29.1 Å². The first-order valence-corrected chi connectivity index (χ1v) is 9.77. The molecule has 148 valence electrons. The van der Waals surface area contributed by atoms with Gasteiger partial charge in [-0.05, 0) is 49.2 Å². The van der Waals surface area contributed by atoms with Crippen LogP contribution >= 0.6 is 34.8 Å². The number of anilines is 2. The number of nitrogens with zero attached hydrogens (tertiary/aromatic N) is 1. The SMILES string of the molecule is O=C(Nc1cc(Cl)ccc1O)C1CCN(C(=O)Nc2cc(Cl)ccc2Cl)CC1. The lowest BCUT2D eigenvalue weighted by atomic mass is 9.96. The minimum atomic E-state index is -0.296. The van der Waals surface area contributed by atoms with E-state index in [1.165, 1.54) is 18.2 Å². The number of phenolic OH excluding ortho intramolecular Hbond substituents is 1. The van der Waals surface area contributed by atoms with Crippen LogP contribution in [0.4, 0.5) is 16.2 Å². The zero-order valence-corrected chi connectivity index (χ0v) is 17.0. The first-order valence-electron chi connectivity index (χ1n) is 8.64. The van der Waals surface area contributed by atoms with Gasteiger partial charge < -0.3 is 20.6 Å². The average Bonchev–Trinajstić information content (AvgIpc) is 2.67. The van der Waals surface area contributed by atoms with Crippen LogP contribution in [0, 0.1) is 5.92 Å². The number of rotatable bonds is 3. The van der Waals surface area contributed by atoms with E-state index in [-0.39, 0.29) is 29.3 Å². The molecule has 1 aliphatic heterocycles. The van der Waals surface area contributed by atoms with E-state index in [2.05, 4.69) is 10.6 Å². The molecule has 1 aliphatic rings. The quantitative estimate of drug-likeness (QED) is 0.569. The fourth-order valence-corrected chi connectivity index (χ4v) is 3.48. The molecule has 3 N–H and O–H groups in total. The molecule has 0 radical (unpaired) electrons. The van der Waals surface area contributed by atoms with Gasteiger partial charge in [0.15, 0.2) is 0 Å². The van der Waals surface area contributed by atoms with Gasteiger partial charge in [-0.2, -0.15) is 0 Å². The molecular formula is C19H18Cl3N3O3. The fourth-order valence-electron chi connectivity index (χ4n) is 2.98. The Hall–Kier alpha value is -2.15. The third-order valence-corrected chi connectivity index (χ3v) is 5.34. The summed E-state index contributed by atoms with van der Waals surface area (Å²) in [6.07, 6.45) is 1.01. The first kappa shape index (κ1) is 20.6. The second-order valence-electron chi connectivity index (χ2n) is 6.47. The van der Waals surface area contributed by atoms with Crippen LogP contribution in [-0.4, -0.2) is 35.0 Å². The van der Waals surface area contributed by atoms with Crippen molar-refractivity contribution in [2.45, 2.75) is 12.8 Å². The Kier molecular flexibility index (Phi) is 6.54. The van der Waals surface area contributed by atoms with Crippen molar-refractivity contribution in [2.24, 2.45) is 5.92 Å². The molecule has 2 aromatic rings. The Bertz CT molecular complexity index is 826. The molecule has 1 heterocycles. The lowest BCUT2D eigenvalue weighted by molar-refractivity contribution is -0.121. The number of nitrogens with one attached hydrogen (secondary N) is 2. The van der Waals surface area contributed by atoms with Gasteiger partial charge in [0.2, 0.25) is 5.91 Å². The van der Waals surface area contributed by atoms with E-state index in [0.717, 1.165) is 0 Å². The molecule has 0 bridgehead atoms. The van der Waals surface area contributed by atoms with Crippen molar-refractivity contribution in [3.05, 3.63) is 51.5 Å². The van der Waals surface area contributed by atoms with Crippen molar-refractivity contribution in [2.75, 3.05) is 23.7 Å². The van der Waals surface area contributed by atoms with Gasteiger partial charge in [-0.15, -0.1) is 0 Å². The van der Waals surface area contributed by atoms with Crippen LogP contribution in [0.3, 0.4) is 0 Å². The molecule has 0 aromatic heterocycles. The van der Waals surface area contributed by atoms with Crippen LogP contribution in [0.25, 0.3) is 0 Å². The molecule has 3 rings (SSSR count). The Balaban J connectivity index is 1.55. The van der Waals surface area contributed by atoms with E-state index in [0.29, 0.717) is 46.7 Å². The van der Waals surface area contributed by atoms with E-state index in [9.17, 15) is 14.7 Å². The van der Waals surface area contributed by atoms with Gasteiger partial charge in [0.1, 0.15) is 5.75 Å². The highest BCUT2D eigenvalue weighted by molar-refractivity contribution is 6.35. The van der Waals surface area contributed by atoms with Crippen molar-refractivity contribution in [3.63, 3.8) is 0 Å². The summed E-state index contributed by atoms with van der Waals surface area (Å²) in [5, 5.41) is 16.5. The Labute approximate surface area is 177 Å². The lowest BCUT2D eigenvalue weighted by Gasteiger charge is -2.31. The molecule has 0 unspecified atom stereocenters. The van der Waals surface area contributed by atoms with E-state index < -0.39 is 0 Å². The van der Waals surface area contributed by atoms with Crippen LogP contribution in [0.15, 0.2) is 36.4 Å². The van der Waals surface area contributed by atoms with Crippen molar-refractivity contribution in [1.29, 1.82) is 0 Å². The molecule has 28 heavy (non-hydrogen) atoms. The minimum Gasteiger partial charge on any atom is -0.506 e. The topological polar surface area (TPSA) is 81.7 Å². The molecule has 0 atom stereocenters. The summed E-state index contributed by atoms with van der Waals surface area (Å²) in [7, 11) is 0. The zero-order chi connectivity index (χ0) is 20.3. The highest BCUT2D eigenvalue weighted by Crippen LogP contribution is 2.29. The Morgan fingerprint density at radius 3 is 2.21 bits per heavy atom. The summed E-state index contributed by atoms with van der Waals surface area (Å²) in [6, 6.07) is 8.99. The molecular weight excluding hydrogens is 425 g/mol. The molecule has 0 aliphatic carbocycles. The number of benzene rings is 2. The predicted molar refractivity (Wildman–Crippen MR) is 112 cm³/mol. The smallest absolute Gasteiger partial charge is 0.321 e. The predicted octanol–water partition coefficient (Wildman–Crippen LogP) is 5.24. The number of phenols is 1. The standard InChI is InChI=1S/C19H18Cl3N3O3/c20-12-1-3-14(22)15(9-12)24-19(28)25-7-5-11(6-8-25)18(27)23-16-10-13(21)2-4-17(16)26/h1-4,9-11,26H,5-8H2,(H,23,27)(H,24,28). The molecule has 3 amide bonds. The number of piperidine rings is 1. The van der Waals surface area contributed by atoms with E-state index >= 15 is 0 Å². The van der Waals surface area contributed by atoms with Gasteiger partial charge in [-0.25, -0.2) is 4.79 Å². The van der Waals surface area contributed by atoms with Crippen LogP contribution in [-0.2, 0) is 4.79 Å². The second-order valence-corrected chi connectivity index (χ2v) is 7.75. The maximum Gasteiger partial charge on any atom is 0.321 e. The Morgan fingerprint density at radius 2 is 1.54 bits per heavy atom. The van der Waals surface area contributed by atoms with Gasteiger partial charge >= 0.3 is 6.03 Å². The maximum atomic E-state index is 12.5. The Morgan fingerprint density at radius 1 is 0.929 bits per heavy atom. The van der Waals surface area contributed by atoms with E-state index in [1.54, 1.807) is 23.1 Å². The highest BCUT2D eigenvalue weighted by Gasteiger charge is 2.28. The fraction of sp³-hybridized carbons (Fsp3) is 0.263. The zero-order valence-electron chi connectivity index (χ0n) is 14.7. The van der Waals surface area contributed by atoms with Gasteiger partial charge in [-0.1, -0.05) is 34.8 Å². The summed E-state index contributed by atoms with van der Waals surface area (Å²) in [5.74, 6) is -0.527. The second kappa shape index (κ2) is 8.90. The van der Waals surface area contributed by atoms with Crippen LogP contribution in [0.2, 0.25) is 15.1 Å².